The van der Waals surface area contributed by atoms with Gasteiger partial charge in [-0.05, 0) is 37.6 Å². The molecule has 3 aliphatic rings. The van der Waals surface area contributed by atoms with Crippen LogP contribution in [0.4, 0.5) is 19.0 Å². The molecular weight excluding hydrogens is 425 g/mol. The summed E-state index contributed by atoms with van der Waals surface area (Å²) in [5.41, 5.74) is -0.965. The zero-order chi connectivity index (χ0) is 22.5. The first-order chi connectivity index (χ1) is 15.4. The number of piperazine rings is 1. The minimum Gasteiger partial charge on any atom is -0.481 e. The Kier molecular flexibility index (Phi) is 5.27. The zero-order valence-corrected chi connectivity index (χ0v) is 17.8. The number of nitrogens with zero attached hydrogens (tertiary/aromatic N) is 4. The third-order valence-corrected chi connectivity index (χ3v) is 6.46. The van der Waals surface area contributed by atoms with E-state index >= 15 is 0 Å². The van der Waals surface area contributed by atoms with Gasteiger partial charge in [0.05, 0.1) is 19.3 Å². The quantitative estimate of drug-likeness (QED) is 0.646. The number of fused-ring (bicyclic) bond motifs is 3. The molecule has 1 atom stereocenters. The molecule has 0 spiro atoms. The van der Waals surface area contributed by atoms with Gasteiger partial charge < -0.3 is 19.3 Å². The molecule has 5 rings (SSSR count). The standard InChI is InChI=1S/C22H25F3N4O3/c1-27-6-7-28-15(11-27)12-29-19(28)10-18(26-21(29)30)31-13-14-8-16(24)20(17(25)9-14)32-22(2-3-22)4-5-23/h8-10,15H,2-7,11-13H2,1H3. The molecule has 172 valence electrons. The van der Waals surface area contributed by atoms with Crippen LogP contribution in [-0.4, -0.2) is 59.5 Å². The van der Waals surface area contributed by atoms with Gasteiger partial charge in [0.2, 0.25) is 5.88 Å². The fourth-order valence-corrected chi connectivity index (χ4v) is 4.52. The SMILES string of the molecule is CN1CCN2c3cc(OCc4cc(F)c(OC5(CCF)CC5)c(F)c4)nc(=O)n3CC2C1. The first-order valence-corrected chi connectivity index (χ1v) is 10.8. The molecule has 2 fully saturated rings. The fourth-order valence-electron chi connectivity index (χ4n) is 4.52. The monoisotopic (exact) mass is 450 g/mol. The summed E-state index contributed by atoms with van der Waals surface area (Å²) in [5.74, 6) is -1.36. The summed E-state index contributed by atoms with van der Waals surface area (Å²) in [6.45, 7) is 2.36. The van der Waals surface area contributed by atoms with E-state index in [0.717, 1.165) is 37.6 Å². The van der Waals surface area contributed by atoms with E-state index < -0.39 is 35.3 Å². The maximum atomic E-state index is 14.5. The Morgan fingerprint density at radius 2 is 1.91 bits per heavy atom. The molecule has 10 heteroatoms. The summed E-state index contributed by atoms with van der Waals surface area (Å²) in [6, 6.07) is 4.16. The molecule has 0 amide bonds. The van der Waals surface area contributed by atoms with Crippen LogP contribution in [-0.2, 0) is 13.2 Å². The highest BCUT2D eigenvalue weighted by atomic mass is 19.1. The van der Waals surface area contributed by atoms with E-state index in [2.05, 4.69) is 21.8 Å². The number of anilines is 1. The van der Waals surface area contributed by atoms with Gasteiger partial charge in [0, 0.05) is 32.1 Å². The van der Waals surface area contributed by atoms with Crippen molar-refractivity contribution < 1.29 is 22.6 Å². The molecule has 7 nitrogen and oxygen atoms in total. The largest absolute Gasteiger partial charge is 0.481 e. The molecule has 0 bridgehead atoms. The van der Waals surface area contributed by atoms with Gasteiger partial charge >= 0.3 is 5.69 Å². The maximum absolute atomic E-state index is 14.5. The molecule has 1 aromatic carbocycles. The Morgan fingerprint density at radius 1 is 1.16 bits per heavy atom. The maximum Gasteiger partial charge on any atom is 0.352 e. The van der Waals surface area contributed by atoms with Crippen LogP contribution in [0.1, 0.15) is 24.8 Å². The number of likely N-dealkylation sites (N-methyl/N-ethyl adjacent to an activating group) is 1. The van der Waals surface area contributed by atoms with Crippen LogP contribution in [0, 0.1) is 11.6 Å². The van der Waals surface area contributed by atoms with Crippen LogP contribution in [0.5, 0.6) is 11.6 Å². The number of rotatable bonds is 7. The van der Waals surface area contributed by atoms with E-state index in [4.69, 9.17) is 9.47 Å². The molecule has 1 saturated heterocycles. The highest BCUT2D eigenvalue weighted by molar-refractivity contribution is 5.47. The number of hydrogen-bond donors (Lipinski definition) is 0. The van der Waals surface area contributed by atoms with Crippen molar-refractivity contribution in [2.45, 2.75) is 44.1 Å². The number of aromatic nitrogens is 2. The number of halogens is 3. The second kappa shape index (κ2) is 7.99. The fraction of sp³-hybridized carbons (Fsp3) is 0.545. The highest BCUT2D eigenvalue weighted by Crippen LogP contribution is 2.44. The molecule has 32 heavy (non-hydrogen) atoms. The van der Waals surface area contributed by atoms with Gasteiger partial charge in [-0.25, -0.2) is 13.6 Å². The molecule has 1 aliphatic carbocycles. The zero-order valence-electron chi connectivity index (χ0n) is 17.8. The van der Waals surface area contributed by atoms with Crippen molar-refractivity contribution >= 4 is 5.82 Å². The van der Waals surface area contributed by atoms with Gasteiger partial charge in [0.25, 0.3) is 0 Å². The van der Waals surface area contributed by atoms with Crippen LogP contribution in [0.3, 0.4) is 0 Å². The van der Waals surface area contributed by atoms with Gasteiger partial charge in [-0.3, -0.25) is 8.96 Å². The summed E-state index contributed by atoms with van der Waals surface area (Å²) in [6.07, 6.45) is 1.27. The highest BCUT2D eigenvalue weighted by Gasteiger charge is 2.46. The normalized spacial score (nSPS) is 21.2. The number of alkyl halides is 1. The molecule has 3 heterocycles. The third kappa shape index (κ3) is 3.92. The Hall–Kier alpha value is -2.75. The molecule has 2 aliphatic heterocycles. The third-order valence-electron chi connectivity index (χ3n) is 6.46. The topological polar surface area (TPSA) is 59.8 Å². The molecule has 1 saturated carbocycles. The minimum absolute atomic E-state index is 0.113. The molecule has 1 aromatic heterocycles. The van der Waals surface area contributed by atoms with E-state index in [9.17, 15) is 18.0 Å². The molecule has 0 N–H and O–H groups in total. The van der Waals surface area contributed by atoms with E-state index in [0.29, 0.717) is 19.4 Å². The van der Waals surface area contributed by atoms with Gasteiger partial charge in [-0.15, -0.1) is 0 Å². The summed E-state index contributed by atoms with van der Waals surface area (Å²) >= 11 is 0. The lowest BCUT2D eigenvalue weighted by Crippen LogP contribution is -2.50. The lowest BCUT2D eigenvalue weighted by molar-refractivity contribution is 0.142. The first kappa shape index (κ1) is 21.1. The Morgan fingerprint density at radius 3 is 2.59 bits per heavy atom. The van der Waals surface area contributed by atoms with E-state index in [1.807, 2.05) is 0 Å². The molecule has 2 aromatic rings. The number of hydrogen-bond acceptors (Lipinski definition) is 6. The van der Waals surface area contributed by atoms with Crippen LogP contribution in [0.2, 0.25) is 0 Å². The van der Waals surface area contributed by atoms with Crippen molar-refractivity contribution in [2.24, 2.45) is 0 Å². The van der Waals surface area contributed by atoms with E-state index in [1.165, 1.54) is 0 Å². The van der Waals surface area contributed by atoms with Gasteiger partial charge in [0.15, 0.2) is 17.4 Å². The Bertz CT molecular complexity index is 1070. The number of ether oxygens (including phenoxy) is 2. The van der Waals surface area contributed by atoms with Gasteiger partial charge in [-0.1, -0.05) is 0 Å². The summed E-state index contributed by atoms with van der Waals surface area (Å²) in [7, 11) is 2.05. The van der Waals surface area contributed by atoms with Crippen LogP contribution in [0.25, 0.3) is 0 Å². The molecule has 0 radical (unpaired) electrons. The first-order valence-electron chi connectivity index (χ1n) is 10.8. The van der Waals surface area contributed by atoms with Gasteiger partial charge in [-0.2, -0.15) is 4.98 Å². The van der Waals surface area contributed by atoms with Crippen LogP contribution >= 0.6 is 0 Å². The predicted molar refractivity (Wildman–Crippen MR) is 111 cm³/mol. The summed E-state index contributed by atoms with van der Waals surface area (Å²) < 4.78 is 54.4. The average Bonchev–Trinajstić information content (AvgIpc) is 3.41. The van der Waals surface area contributed by atoms with Crippen molar-refractivity contribution in [3.05, 3.63) is 45.9 Å². The van der Waals surface area contributed by atoms with Crippen LogP contribution < -0.4 is 20.1 Å². The smallest absolute Gasteiger partial charge is 0.352 e. The predicted octanol–water partition coefficient (Wildman–Crippen LogP) is 2.51. The lowest BCUT2D eigenvalue weighted by Gasteiger charge is -2.36. The minimum atomic E-state index is -0.865. The molecular formula is C22H25F3N4O3. The lowest BCUT2D eigenvalue weighted by atomic mass is 10.2. The Labute approximate surface area is 183 Å². The van der Waals surface area contributed by atoms with Crippen molar-refractivity contribution in [2.75, 3.05) is 38.3 Å². The summed E-state index contributed by atoms with van der Waals surface area (Å²) in [5, 5.41) is 0. The van der Waals surface area contributed by atoms with Crippen molar-refractivity contribution in [1.29, 1.82) is 0 Å². The van der Waals surface area contributed by atoms with Gasteiger partial charge in [0.1, 0.15) is 18.0 Å². The second-order valence-electron chi connectivity index (χ2n) is 8.86. The number of benzene rings is 1. The summed E-state index contributed by atoms with van der Waals surface area (Å²) in [4.78, 5) is 20.9. The molecule has 1 unspecified atom stereocenters. The van der Waals surface area contributed by atoms with Crippen molar-refractivity contribution in [3.63, 3.8) is 0 Å². The van der Waals surface area contributed by atoms with Crippen LogP contribution in [0.15, 0.2) is 23.0 Å². The van der Waals surface area contributed by atoms with Crippen molar-refractivity contribution in [1.82, 2.24) is 14.5 Å². The average molecular weight is 450 g/mol. The Balaban J connectivity index is 1.30. The second-order valence-corrected chi connectivity index (χ2v) is 8.86. The van der Waals surface area contributed by atoms with Crippen molar-refractivity contribution in [3.8, 4) is 11.6 Å². The van der Waals surface area contributed by atoms with E-state index in [1.54, 1.807) is 10.6 Å². The van der Waals surface area contributed by atoms with E-state index in [-0.39, 0.29) is 30.5 Å².